The average Bonchev–Trinajstić information content (AvgIpc) is 3.53. The molecule has 0 spiro atoms. The van der Waals surface area contributed by atoms with Crippen LogP contribution < -0.4 is 5.32 Å². The van der Waals surface area contributed by atoms with E-state index < -0.39 is 5.91 Å². The largest absolute Gasteiger partial charge is 0.318 e. The van der Waals surface area contributed by atoms with Gasteiger partial charge in [-0.05, 0) is 49.6 Å². The Bertz CT molecular complexity index is 1210. The van der Waals surface area contributed by atoms with Crippen molar-refractivity contribution >= 4 is 17.2 Å². The highest BCUT2D eigenvalue weighted by atomic mass is 19.1. The summed E-state index contributed by atoms with van der Waals surface area (Å²) in [6.07, 6.45) is 7.37. The Hall–Kier alpha value is -3.61. The quantitative estimate of drug-likeness (QED) is 0.564. The van der Waals surface area contributed by atoms with Gasteiger partial charge in [0.05, 0.1) is 11.4 Å². The van der Waals surface area contributed by atoms with Crippen molar-refractivity contribution in [3.05, 3.63) is 78.0 Å². The SMILES string of the molecule is Cc1c(C2CC2)nc2ccc(NC(=O)c3ncc(-c4ccc(F)cc4)cn3)cn12. The number of amides is 1. The van der Waals surface area contributed by atoms with Gasteiger partial charge in [0.15, 0.2) is 0 Å². The molecule has 0 saturated heterocycles. The van der Waals surface area contributed by atoms with Crippen LogP contribution in [-0.4, -0.2) is 25.3 Å². The second-order valence-corrected chi connectivity index (χ2v) is 7.26. The highest BCUT2D eigenvalue weighted by Crippen LogP contribution is 2.41. The molecule has 1 aliphatic carbocycles. The second-order valence-electron chi connectivity index (χ2n) is 7.26. The molecule has 1 aliphatic rings. The van der Waals surface area contributed by atoms with Crippen LogP contribution in [0.25, 0.3) is 16.8 Å². The number of fused-ring (bicyclic) bond motifs is 1. The molecule has 5 rings (SSSR count). The molecule has 1 aromatic carbocycles. The Morgan fingerprint density at radius 2 is 1.79 bits per heavy atom. The Morgan fingerprint density at radius 1 is 1.07 bits per heavy atom. The van der Waals surface area contributed by atoms with Gasteiger partial charge in [-0.15, -0.1) is 0 Å². The Morgan fingerprint density at radius 3 is 2.48 bits per heavy atom. The van der Waals surface area contributed by atoms with E-state index in [1.54, 1.807) is 24.5 Å². The zero-order valence-corrected chi connectivity index (χ0v) is 15.8. The first-order chi connectivity index (χ1) is 14.1. The van der Waals surface area contributed by atoms with E-state index in [1.165, 1.54) is 25.0 Å². The molecule has 3 aromatic heterocycles. The predicted molar refractivity (Wildman–Crippen MR) is 107 cm³/mol. The summed E-state index contributed by atoms with van der Waals surface area (Å²) in [5.41, 5.74) is 5.28. The van der Waals surface area contributed by atoms with Crippen molar-refractivity contribution in [3.8, 4) is 11.1 Å². The molecule has 3 heterocycles. The lowest BCUT2D eigenvalue weighted by Crippen LogP contribution is -2.15. The first-order valence-corrected chi connectivity index (χ1v) is 9.46. The van der Waals surface area contributed by atoms with E-state index in [0.717, 1.165) is 22.6 Å². The number of imidazole rings is 1. The van der Waals surface area contributed by atoms with Gasteiger partial charge >= 0.3 is 0 Å². The van der Waals surface area contributed by atoms with Crippen LogP contribution in [0.2, 0.25) is 0 Å². The maximum Gasteiger partial charge on any atom is 0.293 e. The van der Waals surface area contributed by atoms with Gasteiger partial charge in [-0.25, -0.2) is 19.3 Å². The van der Waals surface area contributed by atoms with Gasteiger partial charge in [0.1, 0.15) is 11.5 Å². The lowest BCUT2D eigenvalue weighted by atomic mass is 10.1. The first kappa shape index (κ1) is 17.5. The molecule has 7 heteroatoms. The molecular weight excluding hydrogens is 369 g/mol. The summed E-state index contributed by atoms with van der Waals surface area (Å²) in [5, 5.41) is 2.84. The van der Waals surface area contributed by atoms with Crippen LogP contribution in [0, 0.1) is 12.7 Å². The molecule has 0 radical (unpaired) electrons. The Labute approximate surface area is 166 Å². The minimum Gasteiger partial charge on any atom is -0.318 e. The van der Waals surface area contributed by atoms with Crippen LogP contribution in [0.1, 0.15) is 40.8 Å². The van der Waals surface area contributed by atoms with Crippen LogP contribution >= 0.6 is 0 Å². The molecule has 1 saturated carbocycles. The number of hydrogen-bond acceptors (Lipinski definition) is 4. The fourth-order valence-electron chi connectivity index (χ4n) is 3.42. The van der Waals surface area contributed by atoms with Crippen molar-refractivity contribution in [2.24, 2.45) is 0 Å². The molecular formula is C22H18FN5O. The number of nitrogens with zero attached hydrogens (tertiary/aromatic N) is 4. The lowest BCUT2D eigenvalue weighted by Gasteiger charge is -2.06. The number of benzene rings is 1. The number of hydrogen-bond donors (Lipinski definition) is 1. The van der Waals surface area contributed by atoms with Gasteiger partial charge in [-0.3, -0.25) is 4.79 Å². The molecule has 6 nitrogen and oxygen atoms in total. The van der Waals surface area contributed by atoms with Crippen molar-refractivity contribution < 1.29 is 9.18 Å². The highest BCUT2D eigenvalue weighted by Gasteiger charge is 2.28. The number of nitrogens with one attached hydrogen (secondary N) is 1. The summed E-state index contributed by atoms with van der Waals surface area (Å²) >= 11 is 0. The smallest absolute Gasteiger partial charge is 0.293 e. The summed E-state index contributed by atoms with van der Waals surface area (Å²) in [7, 11) is 0. The van der Waals surface area contributed by atoms with E-state index in [9.17, 15) is 9.18 Å². The van der Waals surface area contributed by atoms with Crippen molar-refractivity contribution in [1.29, 1.82) is 0 Å². The van der Waals surface area contributed by atoms with Crippen molar-refractivity contribution in [2.45, 2.75) is 25.7 Å². The number of aromatic nitrogens is 4. The number of carbonyl (C=O) groups is 1. The van der Waals surface area contributed by atoms with E-state index in [2.05, 4.69) is 22.2 Å². The number of pyridine rings is 1. The third-order valence-corrected chi connectivity index (χ3v) is 5.15. The van der Waals surface area contributed by atoms with Crippen LogP contribution in [0.5, 0.6) is 0 Å². The van der Waals surface area contributed by atoms with Crippen LogP contribution in [0.15, 0.2) is 55.0 Å². The molecule has 0 aliphatic heterocycles. The molecule has 0 unspecified atom stereocenters. The topological polar surface area (TPSA) is 72.2 Å². The van der Waals surface area contributed by atoms with Gasteiger partial charge < -0.3 is 9.72 Å². The lowest BCUT2D eigenvalue weighted by molar-refractivity contribution is 0.101. The number of aryl methyl sites for hydroxylation is 1. The minimum absolute atomic E-state index is 0.0666. The third-order valence-electron chi connectivity index (χ3n) is 5.15. The molecule has 1 fully saturated rings. The molecule has 144 valence electrons. The standard InChI is InChI=1S/C22H18FN5O/c1-13-20(15-2-3-15)27-19-9-8-18(12-28(13)19)26-22(29)21-24-10-16(11-25-21)14-4-6-17(23)7-5-14/h4-12,15H,2-3H2,1H3,(H,26,29). The molecule has 0 bridgehead atoms. The van der Waals surface area contributed by atoms with Gasteiger partial charge in [-0.1, -0.05) is 12.1 Å². The Balaban J connectivity index is 1.35. The molecule has 4 aromatic rings. The van der Waals surface area contributed by atoms with Crippen LogP contribution in [0.3, 0.4) is 0 Å². The normalized spacial score (nSPS) is 13.6. The number of rotatable bonds is 4. The van der Waals surface area contributed by atoms with Crippen LogP contribution in [-0.2, 0) is 0 Å². The molecule has 1 N–H and O–H groups in total. The summed E-state index contributed by atoms with van der Waals surface area (Å²) in [6, 6.07) is 9.76. The minimum atomic E-state index is -0.393. The van der Waals surface area contributed by atoms with Crippen LogP contribution in [0.4, 0.5) is 10.1 Å². The summed E-state index contributed by atoms with van der Waals surface area (Å²) in [6.45, 7) is 2.05. The Kier molecular flexibility index (Phi) is 4.08. The van der Waals surface area contributed by atoms with E-state index in [0.29, 0.717) is 17.2 Å². The molecule has 29 heavy (non-hydrogen) atoms. The molecule has 0 atom stereocenters. The van der Waals surface area contributed by atoms with Crippen molar-refractivity contribution in [1.82, 2.24) is 19.4 Å². The summed E-state index contributed by atoms with van der Waals surface area (Å²) in [5.74, 6) is -0.0619. The van der Waals surface area contributed by atoms with E-state index in [-0.39, 0.29) is 11.6 Å². The number of carbonyl (C=O) groups excluding carboxylic acids is 1. The predicted octanol–water partition coefficient (Wildman–Crippen LogP) is 4.37. The third kappa shape index (κ3) is 3.35. The summed E-state index contributed by atoms with van der Waals surface area (Å²) < 4.78 is 15.1. The fraction of sp³-hybridized carbons (Fsp3) is 0.182. The monoisotopic (exact) mass is 387 g/mol. The molecule has 1 amide bonds. The highest BCUT2D eigenvalue weighted by molar-refractivity contribution is 6.01. The number of anilines is 1. The van der Waals surface area contributed by atoms with Gasteiger partial charge in [-0.2, -0.15) is 0 Å². The van der Waals surface area contributed by atoms with Gasteiger partial charge in [0.2, 0.25) is 5.82 Å². The zero-order valence-electron chi connectivity index (χ0n) is 15.8. The fourth-order valence-corrected chi connectivity index (χ4v) is 3.42. The maximum atomic E-state index is 13.1. The van der Waals surface area contributed by atoms with Crippen molar-refractivity contribution in [3.63, 3.8) is 0 Å². The second kappa shape index (κ2) is 6.77. The van der Waals surface area contributed by atoms with E-state index in [4.69, 9.17) is 4.98 Å². The van der Waals surface area contributed by atoms with Gasteiger partial charge in [0, 0.05) is 35.8 Å². The first-order valence-electron chi connectivity index (χ1n) is 9.46. The van der Waals surface area contributed by atoms with Gasteiger partial charge in [0.25, 0.3) is 5.91 Å². The summed E-state index contributed by atoms with van der Waals surface area (Å²) in [4.78, 5) is 25.5. The average molecular weight is 387 g/mol. The van der Waals surface area contributed by atoms with Crippen molar-refractivity contribution in [2.75, 3.05) is 5.32 Å². The zero-order chi connectivity index (χ0) is 20.0. The number of halogens is 1. The maximum absolute atomic E-state index is 13.1. The van der Waals surface area contributed by atoms with E-state index >= 15 is 0 Å². The van der Waals surface area contributed by atoms with E-state index in [1.807, 2.05) is 22.7 Å².